The first-order chi connectivity index (χ1) is 8.86. The van der Waals surface area contributed by atoms with Crippen LogP contribution in [-0.4, -0.2) is 33.1 Å². The highest BCUT2D eigenvalue weighted by Gasteiger charge is 2.21. The quantitative estimate of drug-likeness (QED) is 0.816. The van der Waals surface area contributed by atoms with Crippen LogP contribution in [0.5, 0.6) is 5.88 Å². The van der Waals surface area contributed by atoms with Crippen molar-refractivity contribution in [1.82, 2.24) is 19.9 Å². The number of hydrogen-bond donors (Lipinski definition) is 2. The van der Waals surface area contributed by atoms with Gasteiger partial charge >= 0.3 is 0 Å². The fourth-order valence-electron chi connectivity index (χ4n) is 1.88. The van der Waals surface area contributed by atoms with Crippen LogP contribution in [0.3, 0.4) is 0 Å². The summed E-state index contributed by atoms with van der Waals surface area (Å²) in [4.78, 5) is 15.8. The number of anilines is 1. The first-order valence-corrected chi connectivity index (χ1v) is 6.44. The lowest BCUT2D eigenvalue weighted by Gasteiger charge is -2.07. The van der Waals surface area contributed by atoms with Crippen LogP contribution in [0.1, 0.15) is 26.2 Å². The molecule has 0 aromatic carbocycles. The van der Waals surface area contributed by atoms with Crippen molar-refractivity contribution >= 4 is 17.1 Å². The molecule has 18 heavy (non-hydrogen) atoms. The number of ether oxygens (including phenoxy) is 1. The zero-order valence-electron chi connectivity index (χ0n) is 10.4. The van der Waals surface area contributed by atoms with E-state index in [1.807, 2.05) is 6.92 Å². The second-order valence-electron chi connectivity index (χ2n) is 4.56. The molecule has 2 aromatic heterocycles. The molecule has 1 saturated carbocycles. The van der Waals surface area contributed by atoms with Gasteiger partial charge in [0.1, 0.15) is 5.52 Å². The molecule has 1 aliphatic rings. The molecule has 0 amide bonds. The van der Waals surface area contributed by atoms with Gasteiger partial charge in [-0.3, -0.25) is 0 Å². The summed E-state index contributed by atoms with van der Waals surface area (Å²) >= 11 is 0. The van der Waals surface area contributed by atoms with E-state index in [1.54, 1.807) is 6.33 Å². The van der Waals surface area contributed by atoms with Gasteiger partial charge in [0.05, 0.1) is 12.9 Å². The van der Waals surface area contributed by atoms with Gasteiger partial charge in [-0.25, -0.2) is 4.98 Å². The molecule has 0 aliphatic heterocycles. The monoisotopic (exact) mass is 247 g/mol. The van der Waals surface area contributed by atoms with Crippen molar-refractivity contribution in [2.75, 3.05) is 18.5 Å². The van der Waals surface area contributed by atoms with Gasteiger partial charge in [-0.05, 0) is 19.3 Å². The predicted molar refractivity (Wildman–Crippen MR) is 68.7 cm³/mol. The van der Waals surface area contributed by atoms with E-state index in [0.717, 1.165) is 24.4 Å². The van der Waals surface area contributed by atoms with Crippen LogP contribution in [0.4, 0.5) is 5.95 Å². The van der Waals surface area contributed by atoms with Crippen molar-refractivity contribution in [3.63, 3.8) is 0 Å². The smallest absolute Gasteiger partial charge is 0.245 e. The largest absolute Gasteiger partial charge is 0.476 e. The van der Waals surface area contributed by atoms with Gasteiger partial charge in [0.2, 0.25) is 11.8 Å². The normalized spacial score (nSPS) is 14.9. The Labute approximate surface area is 105 Å². The molecular formula is C12H17N5O. The van der Waals surface area contributed by atoms with Gasteiger partial charge in [0, 0.05) is 6.54 Å². The number of aromatic nitrogens is 4. The van der Waals surface area contributed by atoms with E-state index in [2.05, 4.69) is 25.3 Å². The van der Waals surface area contributed by atoms with Gasteiger partial charge in [-0.1, -0.05) is 12.8 Å². The van der Waals surface area contributed by atoms with E-state index < -0.39 is 0 Å². The maximum absolute atomic E-state index is 5.75. The Hall–Kier alpha value is -1.85. The third-order valence-corrected chi connectivity index (χ3v) is 3.05. The summed E-state index contributed by atoms with van der Waals surface area (Å²) in [6, 6.07) is 0. The van der Waals surface area contributed by atoms with Gasteiger partial charge in [0.15, 0.2) is 5.65 Å². The highest BCUT2D eigenvalue weighted by Crippen LogP contribution is 2.32. The lowest BCUT2D eigenvalue weighted by Crippen LogP contribution is -2.06. The Balaban J connectivity index is 1.79. The van der Waals surface area contributed by atoms with Crippen LogP contribution >= 0.6 is 0 Å². The third kappa shape index (κ3) is 2.37. The van der Waals surface area contributed by atoms with Crippen LogP contribution < -0.4 is 10.1 Å². The standard InChI is InChI=1S/C12H17N5O/c1-2-13-12-16-10-9(14-7-15-10)11(17-12)18-6-5-8-3-4-8/h7-8H,2-6H2,1H3,(H2,13,14,15,16,17). The minimum absolute atomic E-state index is 0.568. The molecule has 96 valence electrons. The Morgan fingerprint density at radius 3 is 3.11 bits per heavy atom. The number of aromatic amines is 1. The summed E-state index contributed by atoms with van der Waals surface area (Å²) in [5.74, 6) is 2.02. The van der Waals surface area contributed by atoms with Crippen molar-refractivity contribution < 1.29 is 4.74 Å². The van der Waals surface area contributed by atoms with E-state index in [-0.39, 0.29) is 0 Å². The molecule has 0 saturated heterocycles. The highest BCUT2D eigenvalue weighted by atomic mass is 16.5. The molecule has 3 rings (SSSR count). The molecular weight excluding hydrogens is 230 g/mol. The fourth-order valence-corrected chi connectivity index (χ4v) is 1.88. The molecule has 0 radical (unpaired) electrons. The van der Waals surface area contributed by atoms with E-state index >= 15 is 0 Å². The molecule has 2 aromatic rings. The summed E-state index contributed by atoms with van der Waals surface area (Å²) in [5, 5.41) is 3.09. The van der Waals surface area contributed by atoms with E-state index in [9.17, 15) is 0 Å². The van der Waals surface area contributed by atoms with Crippen LogP contribution in [0, 0.1) is 5.92 Å². The molecule has 0 bridgehead atoms. The first kappa shape index (κ1) is 11.3. The molecule has 2 N–H and O–H groups in total. The zero-order chi connectivity index (χ0) is 12.4. The molecule has 1 aliphatic carbocycles. The highest BCUT2D eigenvalue weighted by molar-refractivity contribution is 5.76. The number of hydrogen-bond acceptors (Lipinski definition) is 5. The maximum atomic E-state index is 5.75. The van der Waals surface area contributed by atoms with Gasteiger partial charge in [-0.2, -0.15) is 9.97 Å². The van der Waals surface area contributed by atoms with Crippen LogP contribution in [0.25, 0.3) is 11.2 Å². The van der Waals surface area contributed by atoms with E-state index in [1.165, 1.54) is 12.8 Å². The van der Waals surface area contributed by atoms with Crippen LogP contribution in [0.15, 0.2) is 6.33 Å². The van der Waals surface area contributed by atoms with Crippen molar-refractivity contribution in [1.29, 1.82) is 0 Å². The topological polar surface area (TPSA) is 75.7 Å². The summed E-state index contributed by atoms with van der Waals surface area (Å²) in [7, 11) is 0. The lowest BCUT2D eigenvalue weighted by atomic mass is 10.3. The van der Waals surface area contributed by atoms with Gasteiger partial charge < -0.3 is 15.0 Å². The van der Waals surface area contributed by atoms with E-state index in [4.69, 9.17) is 4.74 Å². The summed E-state index contributed by atoms with van der Waals surface area (Å²) in [6.07, 6.45) is 5.41. The van der Waals surface area contributed by atoms with Crippen molar-refractivity contribution in [2.45, 2.75) is 26.2 Å². The maximum Gasteiger partial charge on any atom is 0.245 e. The Bertz CT molecular complexity index is 534. The van der Waals surface area contributed by atoms with E-state index in [0.29, 0.717) is 24.1 Å². The number of fused-ring (bicyclic) bond motifs is 1. The average molecular weight is 247 g/mol. The fraction of sp³-hybridized carbons (Fsp3) is 0.583. The number of nitrogens with zero attached hydrogens (tertiary/aromatic N) is 3. The molecule has 0 atom stereocenters. The number of imidazole rings is 1. The van der Waals surface area contributed by atoms with Crippen molar-refractivity contribution in [3.05, 3.63) is 6.33 Å². The minimum atomic E-state index is 0.568. The zero-order valence-corrected chi connectivity index (χ0v) is 10.4. The van der Waals surface area contributed by atoms with Crippen LogP contribution in [-0.2, 0) is 0 Å². The Morgan fingerprint density at radius 2 is 2.33 bits per heavy atom. The van der Waals surface area contributed by atoms with Crippen molar-refractivity contribution in [2.24, 2.45) is 5.92 Å². The van der Waals surface area contributed by atoms with Crippen molar-refractivity contribution in [3.8, 4) is 5.88 Å². The number of rotatable bonds is 6. The molecule has 0 unspecified atom stereocenters. The summed E-state index contributed by atoms with van der Waals surface area (Å²) in [6.45, 7) is 3.49. The molecule has 6 heteroatoms. The third-order valence-electron chi connectivity index (χ3n) is 3.05. The average Bonchev–Trinajstić information content (AvgIpc) is 3.05. The second kappa shape index (κ2) is 4.80. The molecule has 1 fully saturated rings. The SMILES string of the molecule is CCNc1nc(OCCC2CC2)c2[nH]cnc2n1. The number of H-pyrrole nitrogens is 1. The molecule has 6 nitrogen and oxygen atoms in total. The predicted octanol–water partition coefficient (Wildman–Crippen LogP) is 1.96. The Kier molecular flexibility index (Phi) is 3.00. The minimum Gasteiger partial charge on any atom is -0.476 e. The summed E-state index contributed by atoms with van der Waals surface area (Å²) in [5.41, 5.74) is 1.41. The number of nitrogens with one attached hydrogen (secondary N) is 2. The van der Waals surface area contributed by atoms with Gasteiger partial charge in [-0.15, -0.1) is 0 Å². The first-order valence-electron chi connectivity index (χ1n) is 6.44. The van der Waals surface area contributed by atoms with Crippen LogP contribution in [0.2, 0.25) is 0 Å². The second-order valence-corrected chi connectivity index (χ2v) is 4.56. The summed E-state index contributed by atoms with van der Waals surface area (Å²) < 4.78 is 5.75. The lowest BCUT2D eigenvalue weighted by molar-refractivity contribution is 0.294. The Morgan fingerprint density at radius 1 is 1.44 bits per heavy atom. The molecule has 0 spiro atoms. The van der Waals surface area contributed by atoms with Gasteiger partial charge in [0.25, 0.3) is 0 Å². The molecule has 2 heterocycles.